The van der Waals surface area contributed by atoms with Gasteiger partial charge in [-0.3, -0.25) is 9.79 Å². The molecule has 3 nitrogen and oxygen atoms in total. The van der Waals surface area contributed by atoms with Gasteiger partial charge in [0, 0.05) is 17.8 Å². The third-order valence-corrected chi connectivity index (χ3v) is 5.86. The second kappa shape index (κ2) is 4.76. The first kappa shape index (κ1) is 13.9. The van der Waals surface area contributed by atoms with Crippen LogP contribution in [0.4, 0.5) is 0 Å². The van der Waals surface area contributed by atoms with Crippen molar-refractivity contribution in [3.05, 3.63) is 24.3 Å². The van der Waals surface area contributed by atoms with E-state index in [1.54, 1.807) is 0 Å². The monoisotopic (exact) mass is 290 g/mol. The Labute approximate surface area is 125 Å². The van der Waals surface area contributed by atoms with Crippen molar-refractivity contribution in [3.8, 4) is 0 Å². The van der Waals surface area contributed by atoms with Gasteiger partial charge < -0.3 is 5.32 Å². The highest BCUT2D eigenvalue weighted by molar-refractivity contribution is 8.02. The van der Waals surface area contributed by atoms with E-state index >= 15 is 0 Å². The Hall–Kier alpha value is -1.03. The molecular formula is C16H22N2OS. The van der Waals surface area contributed by atoms with Crippen LogP contribution >= 0.6 is 11.8 Å². The quantitative estimate of drug-likeness (QED) is 0.806. The van der Waals surface area contributed by atoms with Gasteiger partial charge in [0.2, 0.25) is 5.91 Å². The number of hydrogen-bond acceptors (Lipinski definition) is 3. The summed E-state index contributed by atoms with van der Waals surface area (Å²) in [6, 6.07) is 0. The zero-order valence-corrected chi connectivity index (χ0v) is 13.2. The van der Waals surface area contributed by atoms with Gasteiger partial charge in [-0.1, -0.05) is 18.2 Å². The molecule has 0 aromatic heterocycles. The van der Waals surface area contributed by atoms with Gasteiger partial charge in [-0.15, -0.1) is 11.8 Å². The van der Waals surface area contributed by atoms with Crippen LogP contribution < -0.4 is 5.32 Å². The fourth-order valence-electron chi connectivity index (χ4n) is 3.38. The molecule has 2 aliphatic heterocycles. The highest BCUT2D eigenvalue weighted by atomic mass is 32.2. The molecule has 0 radical (unpaired) electrons. The lowest BCUT2D eigenvalue weighted by Gasteiger charge is -2.38. The number of amides is 1. The van der Waals surface area contributed by atoms with Crippen LogP contribution in [0.25, 0.3) is 0 Å². The molecule has 3 unspecified atom stereocenters. The number of carbonyl (C=O) groups excluding carboxylic acids is 1. The van der Waals surface area contributed by atoms with Gasteiger partial charge in [0.25, 0.3) is 0 Å². The third-order valence-electron chi connectivity index (χ3n) is 4.20. The summed E-state index contributed by atoms with van der Waals surface area (Å²) in [4.78, 5) is 17.3. The summed E-state index contributed by atoms with van der Waals surface area (Å²) in [7, 11) is 0. The van der Waals surface area contributed by atoms with Crippen LogP contribution in [0.2, 0.25) is 0 Å². The Morgan fingerprint density at radius 3 is 3.00 bits per heavy atom. The predicted molar refractivity (Wildman–Crippen MR) is 85.3 cm³/mol. The molecule has 3 rings (SSSR count). The first-order valence-electron chi connectivity index (χ1n) is 7.29. The molecule has 1 amide bonds. The number of thioether (sulfide) groups is 1. The second-order valence-corrected chi connectivity index (χ2v) is 8.13. The van der Waals surface area contributed by atoms with E-state index in [-0.39, 0.29) is 22.1 Å². The second-order valence-electron chi connectivity index (χ2n) is 6.83. The number of rotatable bonds is 1. The van der Waals surface area contributed by atoms with Crippen LogP contribution in [0.1, 0.15) is 27.2 Å². The number of allylic oxidation sites excluding steroid dienone is 3. The Bertz CT molecular complexity index is 515. The summed E-state index contributed by atoms with van der Waals surface area (Å²) in [5, 5.41) is 3.15. The number of nitrogens with one attached hydrogen (secondary N) is 1. The van der Waals surface area contributed by atoms with E-state index in [9.17, 15) is 4.79 Å². The maximum Gasteiger partial charge on any atom is 0.224 e. The van der Waals surface area contributed by atoms with E-state index < -0.39 is 0 Å². The summed E-state index contributed by atoms with van der Waals surface area (Å²) >= 11 is 1.89. The molecule has 0 saturated carbocycles. The predicted octanol–water partition coefficient (Wildman–Crippen LogP) is 2.59. The first-order valence-corrected chi connectivity index (χ1v) is 8.28. The zero-order valence-electron chi connectivity index (χ0n) is 12.3. The average Bonchev–Trinajstić information content (AvgIpc) is 2.74. The molecule has 4 heteroatoms. The van der Waals surface area contributed by atoms with Crippen molar-refractivity contribution in [2.75, 3.05) is 12.3 Å². The van der Waals surface area contributed by atoms with Gasteiger partial charge in [0.1, 0.15) is 0 Å². The summed E-state index contributed by atoms with van der Waals surface area (Å²) in [6.07, 6.45) is 9.54. The Morgan fingerprint density at radius 1 is 1.45 bits per heavy atom. The number of hydrogen-bond donors (Lipinski definition) is 1. The van der Waals surface area contributed by atoms with Crippen molar-refractivity contribution in [3.63, 3.8) is 0 Å². The van der Waals surface area contributed by atoms with E-state index in [0.29, 0.717) is 5.92 Å². The molecule has 0 aromatic rings. The lowest BCUT2D eigenvalue weighted by Crippen LogP contribution is -2.49. The lowest BCUT2D eigenvalue weighted by atomic mass is 9.74. The van der Waals surface area contributed by atoms with Gasteiger partial charge in [0.15, 0.2) is 0 Å². The van der Waals surface area contributed by atoms with Gasteiger partial charge in [-0.05, 0) is 39.2 Å². The van der Waals surface area contributed by atoms with Crippen molar-refractivity contribution in [2.45, 2.75) is 37.5 Å². The fourth-order valence-corrected chi connectivity index (χ4v) is 5.17. The molecule has 3 atom stereocenters. The SMILES string of the molecule is CC(C)(C)NC(=O)C1CSC23C=CC=CC2=NCCC13. The molecular weight excluding hydrogens is 268 g/mol. The van der Waals surface area contributed by atoms with Crippen molar-refractivity contribution in [2.24, 2.45) is 16.8 Å². The Morgan fingerprint density at radius 2 is 2.25 bits per heavy atom. The van der Waals surface area contributed by atoms with E-state index in [1.165, 1.54) is 0 Å². The lowest BCUT2D eigenvalue weighted by molar-refractivity contribution is -0.127. The molecule has 3 aliphatic rings. The minimum absolute atomic E-state index is 0.0487. The Kier molecular flexibility index (Phi) is 3.32. The average molecular weight is 290 g/mol. The first-order chi connectivity index (χ1) is 9.42. The smallest absolute Gasteiger partial charge is 0.224 e. The molecule has 2 heterocycles. The van der Waals surface area contributed by atoms with Crippen molar-refractivity contribution in [1.29, 1.82) is 0 Å². The molecule has 1 aliphatic carbocycles. The highest BCUT2D eigenvalue weighted by Gasteiger charge is 2.54. The highest BCUT2D eigenvalue weighted by Crippen LogP contribution is 2.52. The molecule has 20 heavy (non-hydrogen) atoms. The Balaban J connectivity index is 1.85. The van der Waals surface area contributed by atoms with Crippen LogP contribution in [0.3, 0.4) is 0 Å². The maximum atomic E-state index is 12.6. The molecule has 1 spiro atoms. The summed E-state index contributed by atoms with van der Waals surface area (Å²) in [6.45, 7) is 6.97. The number of carbonyl (C=O) groups is 1. The van der Waals surface area contributed by atoms with Gasteiger partial charge in [0.05, 0.1) is 16.4 Å². The largest absolute Gasteiger partial charge is 0.351 e. The van der Waals surface area contributed by atoms with E-state index in [1.807, 2.05) is 32.5 Å². The minimum Gasteiger partial charge on any atom is -0.351 e. The summed E-state index contributed by atoms with van der Waals surface area (Å²) in [5.74, 6) is 1.57. The maximum absolute atomic E-state index is 12.6. The number of nitrogens with zero attached hydrogens (tertiary/aromatic N) is 1. The molecule has 1 fully saturated rings. The number of aliphatic imine (C=N–C) groups is 1. The third kappa shape index (κ3) is 2.24. The zero-order chi connectivity index (χ0) is 14.4. The fraction of sp³-hybridized carbons (Fsp3) is 0.625. The van der Waals surface area contributed by atoms with Gasteiger partial charge in [-0.2, -0.15) is 0 Å². The standard InChI is InChI=1S/C16H22N2OS/c1-15(2,3)18-14(19)11-10-20-16-8-5-4-6-13(16)17-9-7-12(11)16/h4-6,8,11-12H,7,9-10H2,1-3H3,(H,18,19). The van der Waals surface area contributed by atoms with Crippen LogP contribution in [0.5, 0.6) is 0 Å². The van der Waals surface area contributed by atoms with Gasteiger partial charge in [-0.25, -0.2) is 0 Å². The normalized spacial score (nSPS) is 35.2. The van der Waals surface area contributed by atoms with Crippen molar-refractivity contribution in [1.82, 2.24) is 5.32 Å². The molecule has 108 valence electrons. The van der Waals surface area contributed by atoms with Crippen LogP contribution in [-0.4, -0.2) is 34.2 Å². The van der Waals surface area contributed by atoms with Crippen molar-refractivity contribution >= 4 is 23.4 Å². The summed E-state index contributed by atoms with van der Waals surface area (Å²) in [5.41, 5.74) is 0.998. The molecule has 1 N–H and O–H groups in total. The minimum atomic E-state index is -0.161. The molecule has 1 saturated heterocycles. The molecule has 0 bridgehead atoms. The van der Waals surface area contributed by atoms with E-state index in [4.69, 9.17) is 0 Å². The van der Waals surface area contributed by atoms with Crippen LogP contribution in [-0.2, 0) is 4.79 Å². The van der Waals surface area contributed by atoms with E-state index in [2.05, 4.69) is 34.6 Å². The topological polar surface area (TPSA) is 41.5 Å². The van der Waals surface area contributed by atoms with E-state index in [0.717, 1.165) is 24.4 Å². The summed E-state index contributed by atoms with van der Waals surface area (Å²) < 4.78 is -0.0487. The van der Waals surface area contributed by atoms with Crippen molar-refractivity contribution < 1.29 is 4.79 Å². The molecule has 0 aromatic carbocycles. The van der Waals surface area contributed by atoms with Crippen LogP contribution in [0.15, 0.2) is 29.3 Å². The van der Waals surface area contributed by atoms with Gasteiger partial charge >= 0.3 is 0 Å². The van der Waals surface area contributed by atoms with Crippen LogP contribution in [0, 0.1) is 11.8 Å².